The first kappa shape index (κ1) is 46.0. The second kappa shape index (κ2) is 15.8. The summed E-state index contributed by atoms with van der Waals surface area (Å²) >= 11 is 2.21. The molecule has 13 aromatic rings. The van der Waals surface area contributed by atoms with Crippen LogP contribution in [0.15, 0.2) is 170 Å². The number of thiophene rings is 2. The number of para-hydroxylation sites is 2. The lowest BCUT2D eigenvalue weighted by atomic mass is 9.82. The van der Waals surface area contributed by atoms with E-state index in [2.05, 4.69) is 0 Å². The molecule has 0 atom stereocenters. The van der Waals surface area contributed by atoms with Crippen LogP contribution in [0.25, 0.3) is 118 Å². The summed E-state index contributed by atoms with van der Waals surface area (Å²) in [6.07, 6.45) is -22.9. The van der Waals surface area contributed by atoms with Crippen LogP contribution in [-0.2, 0) is 24.7 Å². The topological polar surface area (TPSA) is 9.86 Å². The fourth-order valence-electron chi connectivity index (χ4n) is 11.1. The minimum atomic E-state index is -5.97. The normalized spacial score (nSPS) is 13.1. The van der Waals surface area contributed by atoms with E-state index in [1.165, 1.54) is 36.4 Å². The van der Waals surface area contributed by atoms with Gasteiger partial charge in [0.25, 0.3) is 0 Å². The van der Waals surface area contributed by atoms with Crippen LogP contribution < -0.4 is 0 Å². The summed E-state index contributed by atoms with van der Waals surface area (Å²) in [6, 6.07) is 38.5. The number of rotatable bonds is 4. The van der Waals surface area contributed by atoms with Gasteiger partial charge >= 0.3 is 24.7 Å². The van der Waals surface area contributed by atoms with E-state index in [0.717, 1.165) is 68.2 Å². The van der Waals surface area contributed by atoms with E-state index in [9.17, 15) is 0 Å². The Kier molecular flexibility index (Phi) is 9.85. The van der Waals surface area contributed by atoms with Crippen molar-refractivity contribution in [3.63, 3.8) is 0 Å². The lowest BCUT2D eigenvalue weighted by Crippen LogP contribution is -2.24. The summed E-state index contributed by atoms with van der Waals surface area (Å²) in [5, 5.41) is 3.11. The number of fused-ring (bicyclic) bond motifs is 14. The fraction of sp³-hybridized carbons (Fsp3) is 0.0690. The van der Waals surface area contributed by atoms with Crippen LogP contribution in [0, 0.1) is 0 Å². The van der Waals surface area contributed by atoms with Gasteiger partial charge in [-0.1, -0.05) is 133 Å². The van der Waals surface area contributed by atoms with Crippen LogP contribution in [-0.4, -0.2) is 9.13 Å². The number of alkyl halides is 12. The van der Waals surface area contributed by atoms with Gasteiger partial charge in [0, 0.05) is 63.6 Å². The Balaban J connectivity index is 1.41. The first-order valence-corrected chi connectivity index (χ1v) is 24.3. The molecule has 0 aliphatic heterocycles. The first-order valence-electron chi connectivity index (χ1n) is 22.7. The zero-order valence-corrected chi connectivity index (χ0v) is 39.0. The maximum absolute atomic E-state index is 17.5. The maximum atomic E-state index is 17.5. The third-order valence-electron chi connectivity index (χ3n) is 13.8. The van der Waals surface area contributed by atoms with Gasteiger partial charge in [0.2, 0.25) is 0 Å². The first-order chi connectivity index (χ1) is 35.3. The van der Waals surface area contributed by atoms with Gasteiger partial charge in [-0.15, -0.1) is 22.7 Å². The SMILES string of the molecule is FC(F)(F)c1ccccc1-c1c(-n2c3ccccc3c3ccc4c5ccccc5sc4c32)c(-c2ccccc2C(F)(F)F)c(C(F)(F)F)c(-n2c3ccccc3c3ccc4c5ccccc5sc4c32)c1C(F)(F)F. The zero-order valence-electron chi connectivity index (χ0n) is 37.4. The van der Waals surface area contributed by atoms with E-state index < -0.39 is 80.6 Å². The number of halogens is 12. The second-order valence-electron chi connectivity index (χ2n) is 17.9. The van der Waals surface area contributed by atoms with Gasteiger partial charge in [0.15, 0.2) is 0 Å². The molecule has 0 amide bonds. The predicted octanol–water partition coefficient (Wildman–Crippen LogP) is 20.0. The largest absolute Gasteiger partial charge is 0.419 e. The summed E-state index contributed by atoms with van der Waals surface area (Å²) in [5.74, 6) is 0. The minimum absolute atomic E-state index is 0.0285. The van der Waals surface area contributed by atoms with E-state index >= 15 is 52.7 Å². The average Bonchev–Trinajstić information content (AvgIpc) is 4.12. The number of nitrogens with zero attached hydrogens (tertiary/aromatic N) is 2. The van der Waals surface area contributed by atoms with Crippen molar-refractivity contribution < 1.29 is 52.7 Å². The molecule has 0 aliphatic rings. The predicted molar refractivity (Wildman–Crippen MR) is 272 cm³/mol. The summed E-state index contributed by atoms with van der Waals surface area (Å²) in [7, 11) is 0. The van der Waals surface area contributed by atoms with Crippen molar-refractivity contribution in [3.8, 4) is 33.6 Å². The molecule has 2 nitrogen and oxygen atoms in total. The van der Waals surface area contributed by atoms with E-state index in [1.54, 1.807) is 84.9 Å². The minimum Gasteiger partial charge on any atom is -0.307 e. The third kappa shape index (κ3) is 6.66. The molecule has 13 rings (SSSR count). The van der Waals surface area contributed by atoms with Crippen LogP contribution in [0.2, 0.25) is 0 Å². The standard InChI is InChI=1S/C58H28F12N2S2/c59-55(60,61)39-19-7-1-17-37(39)45-47(57(65,66)67)52(72-42-22-10-4-14-30(42)34-26-28-36-32-16-6-12-24-44(32)74-54(36)50(34)72)48(58(68,69)70)46(38-18-2-8-20-40(38)56(62,63)64)51(45)71-41-21-9-3-13-29(41)33-25-27-35-31-15-5-11-23-43(31)73-53(35)49(33)71/h1-28H. The molecule has 4 heterocycles. The average molecular weight is 1040 g/mol. The van der Waals surface area contributed by atoms with Crippen molar-refractivity contribution in [1.29, 1.82) is 0 Å². The fourth-order valence-corrected chi connectivity index (χ4v) is 13.6. The summed E-state index contributed by atoms with van der Waals surface area (Å²) < 4.78 is 203. The molecule has 366 valence electrons. The highest BCUT2D eigenvalue weighted by atomic mass is 32.1. The Labute approximate surface area is 417 Å². The Bertz CT molecular complexity index is 4410. The van der Waals surface area contributed by atoms with E-state index in [0.29, 0.717) is 47.8 Å². The molecule has 16 heteroatoms. The molecule has 4 aromatic heterocycles. The Morgan fingerprint density at radius 1 is 0.297 bits per heavy atom. The number of hydrogen-bond donors (Lipinski definition) is 0. The van der Waals surface area contributed by atoms with Gasteiger partial charge in [-0.3, -0.25) is 0 Å². The third-order valence-corrected chi connectivity index (χ3v) is 16.2. The molecule has 0 N–H and O–H groups in total. The van der Waals surface area contributed by atoms with Crippen molar-refractivity contribution in [1.82, 2.24) is 9.13 Å². The molecule has 0 spiro atoms. The maximum Gasteiger partial charge on any atom is 0.419 e. The van der Waals surface area contributed by atoms with Crippen LogP contribution in [0.1, 0.15) is 22.3 Å². The molecule has 0 fully saturated rings. The molecule has 0 saturated heterocycles. The second-order valence-corrected chi connectivity index (χ2v) is 20.0. The lowest BCUT2D eigenvalue weighted by Gasteiger charge is -2.32. The highest BCUT2D eigenvalue weighted by Gasteiger charge is 2.51. The highest BCUT2D eigenvalue weighted by molar-refractivity contribution is 7.27. The van der Waals surface area contributed by atoms with Crippen LogP contribution in [0.4, 0.5) is 52.7 Å². The number of benzene rings is 9. The molecule has 74 heavy (non-hydrogen) atoms. The van der Waals surface area contributed by atoms with Crippen LogP contribution in [0.5, 0.6) is 0 Å². The highest BCUT2D eigenvalue weighted by Crippen LogP contribution is 2.59. The van der Waals surface area contributed by atoms with Crippen LogP contribution >= 0.6 is 22.7 Å². The molecular weight excluding hydrogens is 1020 g/mol. The van der Waals surface area contributed by atoms with Gasteiger partial charge in [-0.25, -0.2) is 0 Å². The molecular formula is C58H28F12N2S2. The number of hydrogen-bond acceptors (Lipinski definition) is 2. The van der Waals surface area contributed by atoms with E-state index in [4.69, 9.17) is 0 Å². The van der Waals surface area contributed by atoms with Gasteiger partial charge < -0.3 is 9.13 Å². The summed E-state index contributed by atoms with van der Waals surface area (Å²) in [6.45, 7) is 0. The van der Waals surface area contributed by atoms with Gasteiger partial charge in [-0.2, -0.15) is 52.7 Å². The zero-order chi connectivity index (χ0) is 51.4. The van der Waals surface area contributed by atoms with Gasteiger partial charge in [0.05, 0.1) is 65.1 Å². The van der Waals surface area contributed by atoms with Crippen molar-refractivity contribution in [2.24, 2.45) is 0 Å². The van der Waals surface area contributed by atoms with Crippen molar-refractivity contribution in [2.75, 3.05) is 0 Å². The molecule has 0 radical (unpaired) electrons. The molecule has 9 aromatic carbocycles. The van der Waals surface area contributed by atoms with Gasteiger partial charge in [0.1, 0.15) is 0 Å². The smallest absolute Gasteiger partial charge is 0.307 e. The molecule has 0 saturated carbocycles. The molecule has 0 bridgehead atoms. The number of aromatic nitrogens is 2. The Morgan fingerprint density at radius 2 is 0.635 bits per heavy atom. The summed E-state index contributed by atoms with van der Waals surface area (Å²) in [4.78, 5) is 0. The lowest BCUT2D eigenvalue weighted by molar-refractivity contribution is -0.143. The van der Waals surface area contributed by atoms with Gasteiger partial charge in [-0.05, 0) is 47.5 Å². The summed E-state index contributed by atoms with van der Waals surface area (Å²) in [5.41, 5.74) is -16.3. The molecule has 0 aliphatic carbocycles. The quantitative estimate of drug-likeness (QED) is 0.156. The monoisotopic (exact) mass is 1040 g/mol. The Morgan fingerprint density at radius 3 is 1.04 bits per heavy atom. The Hall–Kier alpha value is -7.82. The molecule has 0 unspecified atom stereocenters. The van der Waals surface area contributed by atoms with Crippen molar-refractivity contribution in [3.05, 3.63) is 192 Å². The van der Waals surface area contributed by atoms with Crippen LogP contribution in [0.3, 0.4) is 0 Å². The van der Waals surface area contributed by atoms with Crippen molar-refractivity contribution in [2.45, 2.75) is 24.7 Å². The van der Waals surface area contributed by atoms with E-state index in [1.807, 2.05) is 0 Å². The van der Waals surface area contributed by atoms with E-state index in [-0.39, 0.29) is 48.3 Å². The van der Waals surface area contributed by atoms with Crippen molar-refractivity contribution >= 4 is 107 Å².